The molecule has 1 aliphatic heterocycles. The second kappa shape index (κ2) is 5.03. The van der Waals surface area contributed by atoms with E-state index >= 15 is 0 Å². The smallest absolute Gasteiger partial charge is 0.152 e. The number of hydroxylamine groups is 1. The minimum atomic E-state index is -0.594. The number of halogens is 1. The fourth-order valence-electron chi connectivity index (χ4n) is 2.01. The van der Waals surface area contributed by atoms with Gasteiger partial charge in [0.1, 0.15) is 5.75 Å². The Morgan fingerprint density at radius 3 is 2.68 bits per heavy atom. The summed E-state index contributed by atoms with van der Waals surface area (Å²) in [6.07, 6.45) is 3.74. The Labute approximate surface area is 111 Å². The van der Waals surface area contributed by atoms with Crippen LogP contribution in [0.15, 0.2) is 41.6 Å². The number of phenolic OH excluding ortho intramolecular Hbond substituents is 1. The summed E-state index contributed by atoms with van der Waals surface area (Å²) >= 11 is 0. The number of hydrogen-bond donors (Lipinski definition) is 2. The van der Waals surface area contributed by atoms with Crippen molar-refractivity contribution in [2.45, 2.75) is 26.8 Å². The number of benzene rings is 1. The molecular formula is C14H17FN2O2. The van der Waals surface area contributed by atoms with Crippen LogP contribution in [-0.2, 0) is 0 Å². The minimum absolute atomic E-state index is 0.147. The highest BCUT2D eigenvalue weighted by atomic mass is 19.1. The molecule has 1 atom stereocenters. The molecule has 102 valence electrons. The number of hydrogen-bond acceptors (Lipinski definition) is 4. The van der Waals surface area contributed by atoms with Crippen LogP contribution in [0.5, 0.6) is 5.75 Å². The van der Waals surface area contributed by atoms with Crippen LogP contribution in [0.25, 0.3) is 0 Å². The van der Waals surface area contributed by atoms with E-state index in [0.717, 1.165) is 22.5 Å². The number of allylic oxidation sites excluding steroid dienone is 2. The highest BCUT2D eigenvalue weighted by molar-refractivity contribution is 5.59. The fraction of sp³-hybridized carbons (Fsp3) is 0.286. The van der Waals surface area contributed by atoms with Gasteiger partial charge in [-0.3, -0.25) is 5.21 Å². The maximum absolute atomic E-state index is 14.0. The van der Waals surface area contributed by atoms with E-state index in [9.17, 15) is 14.7 Å². The van der Waals surface area contributed by atoms with E-state index in [1.807, 2.05) is 26.0 Å². The molecule has 1 heterocycles. The van der Waals surface area contributed by atoms with Gasteiger partial charge < -0.3 is 5.11 Å². The molecule has 0 saturated heterocycles. The monoisotopic (exact) mass is 264 g/mol. The summed E-state index contributed by atoms with van der Waals surface area (Å²) in [5.41, 5.74) is 1.84. The SMILES string of the molecule is C/C=C(/C)C1=CC(C)N(O)N1c1ccc(O)cc1F. The molecule has 5 heteroatoms. The lowest BCUT2D eigenvalue weighted by molar-refractivity contribution is -0.104. The van der Waals surface area contributed by atoms with Gasteiger partial charge >= 0.3 is 0 Å². The number of rotatable bonds is 2. The van der Waals surface area contributed by atoms with Crippen LogP contribution < -0.4 is 5.01 Å². The molecule has 0 radical (unpaired) electrons. The van der Waals surface area contributed by atoms with Crippen LogP contribution >= 0.6 is 0 Å². The first-order valence-corrected chi connectivity index (χ1v) is 6.07. The maximum Gasteiger partial charge on any atom is 0.152 e. The van der Waals surface area contributed by atoms with Crippen molar-refractivity contribution >= 4 is 5.69 Å². The molecule has 1 aliphatic rings. The molecule has 4 nitrogen and oxygen atoms in total. The summed E-state index contributed by atoms with van der Waals surface area (Å²) in [6.45, 7) is 5.58. The number of hydrazine groups is 1. The number of anilines is 1. The van der Waals surface area contributed by atoms with Crippen molar-refractivity contribution in [3.8, 4) is 5.75 Å². The zero-order chi connectivity index (χ0) is 14.2. The summed E-state index contributed by atoms with van der Waals surface area (Å²) in [5.74, 6) is -0.741. The van der Waals surface area contributed by atoms with Crippen LogP contribution in [0.4, 0.5) is 10.1 Å². The van der Waals surface area contributed by atoms with Crippen molar-refractivity contribution in [1.29, 1.82) is 0 Å². The Bertz CT molecular complexity index is 554. The van der Waals surface area contributed by atoms with Gasteiger partial charge in [0.25, 0.3) is 0 Å². The first-order valence-electron chi connectivity index (χ1n) is 6.07. The second-order valence-electron chi connectivity index (χ2n) is 4.53. The predicted octanol–water partition coefficient (Wildman–Crippen LogP) is 3.20. The third-order valence-electron chi connectivity index (χ3n) is 3.19. The van der Waals surface area contributed by atoms with Gasteiger partial charge in [-0.15, -0.1) is 0 Å². The van der Waals surface area contributed by atoms with E-state index in [4.69, 9.17) is 0 Å². The molecule has 0 amide bonds. The molecule has 19 heavy (non-hydrogen) atoms. The highest BCUT2D eigenvalue weighted by Crippen LogP contribution is 2.34. The zero-order valence-corrected chi connectivity index (χ0v) is 11.1. The second-order valence-corrected chi connectivity index (χ2v) is 4.53. The third kappa shape index (κ3) is 2.34. The average molecular weight is 264 g/mol. The van der Waals surface area contributed by atoms with Crippen LogP contribution in [-0.4, -0.2) is 21.5 Å². The van der Waals surface area contributed by atoms with Crippen LogP contribution in [0.2, 0.25) is 0 Å². The summed E-state index contributed by atoms with van der Waals surface area (Å²) < 4.78 is 14.0. The molecule has 2 rings (SSSR count). The van der Waals surface area contributed by atoms with E-state index in [-0.39, 0.29) is 17.5 Å². The fourth-order valence-corrected chi connectivity index (χ4v) is 2.01. The largest absolute Gasteiger partial charge is 0.508 e. The van der Waals surface area contributed by atoms with Gasteiger partial charge in [0.2, 0.25) is 0 Å². The van der Waals surface area contributed by atoms with Crippen molar-refractivity contribution in [1.82, 2.24) is 5.17 Å². The molecule has 0 aromatic heterocycles. The molecule has 1 unspecified atom stereocenters. The Hall–Kier alpha value is -1.85. The standard InChI is InChI=1S/C14H17FN2O2/c1-4-9(2)14-7-10(3)17(19)16(14)13-6-5-11(18)8-12(13)15/h4-8,10,18-19H,1-3H3/b9-4-. The first kappa shape index (κ1) is 13.6. The lowest BCUT2D eigenvalue weighted by atomic mass is 10.1. The van der Waals surface area contributed by atoms with Crippen molar-refractivity contribution in [3.05, 3.63) is 47.4 Å². The van der Waals surface area contributed by atoms with E-state index in [1.54, 1.807) is 6.92 Å². The van der Waals surface area contributed by atoms with Gasteiger partial charge in [-0.25, -0.2) is 9.40 Å². The zero-order valence-electron chi connectivity index (χ0n) is 11.1. The predicted molar refractivity (Wildman–Crippen MR) is 71.1 cm³/mol. The lowest BCUT2D eigenvalue weighted by Gasteiger charge is -2.30. The van der Waals surface area contributed by atoms with Gasteiger partial charge in [0, 0.05) is 6.07 Å². The molecule has 0 bridgehead atoms. The molecule has 0 spiro atoms. The van der Waals surface area contributed by atoms with Gasteiger partial charge in [-0.1, -0.05) is 11.2 Å². The quantitative estimate of drug-likeness (QED) is 0.861. The lowest BCUT2D eigenvalue weighted by Crippen LogP contribution is -2.39. The van der Waals surface area contributed by atoms with Crippen molar-refractivity contribution in [2.75, 3.05) is 5.01 Å². The molecule has 2 N–H and O–H groups in total. The van der Waals surface area contributed by atoms with Gasteiger partial charge in [-0.2, -0.15) is 0 Å². The van der Waals surface area contributed by atoms with Crippen molar-refractivity contribution in [3.63, 3.8) is 0 Å². The topological polar surface area (TPSA) is 46.9 Å². The Balaban J connectivity index is 2.49. The molecule has 0 aliphatic carbocycles. The molecule has 0 saturated carbocycles. The summed E-state index contributed by atoms with van der Waals surface area (Å²) in [4.78, 5) is 0. The van der Waals surface area contributed by atoms with Crippen LogP contribution in [0, 0.1) is 5.82 Å². The average Bonchev–Trinajstić information content (AvgIpc) is 2.66. The molecule has 1 aromatic rings. The number of phenols is 1. The van der Waals surface area contributed by atoms with Crippen LogP contribution in [0.3, 0.4) is 0 Å². The van der Waals surface area contributed by atoms with Crippen LogP contribution in [0.1, 0.15) is 20.8 Å². The Morgan fingerprint density at radius 2 is 2.11 bits per heavy atom. The minimum Gasteiger partial charge on any atom is -0.508 e. The Kier molecular flexibility index (Phi) is 3.59. The molecule has 0 fully saturated rings. The number of nitrogens with zero attached hydrogens (tertiary/aromatic N) is 2. The molecular weight excluding hydrogens is 247 g/mol. The first-order chi connectivity index (χ1) is 8.95. The highest BCUT2D eigenvalue weighted by Gasteiger charge is 2.31. The Morgan fingerprint density at radius 1 is 1.42 bits per heavy atom. The van der Waals surface area contributed by atoms with E-state index < -0.39 is 5.82 Å². The van der Waals surface area contributed by atoms with Gasteiger partial charge in [0.05, 0.1) is 17.4 Å². The summed E-state index contributed by atoms with van der Waals surface area (Å²) in [7, 11) is 0. The van der Waals surface area contributed by atoms with Crippen molar-refractivity contribution < 1.29 is 14.7 Å². The van der Waals surface area contributed by atoms with Crippen molar-refractivity contribution in [2.24, 2.45) is 0 Å². The van der Waals surface area contributed by atoms with E-state index in [1.165, 1.54) is 17.1 Å². The third-order valence-corrected chi connectivity index (χ3v) is 3.19. The maximum atomic E-state index is 14.0. The normalized spacial score (nSPS) is 20.9. The summed E-state index contributed by atoms with van der Waals surface area (Å²) in [6, 6.07) is 3.59. The molecule has 1 aromatic carbocycles. The van der Waals surface area contributed by atoms with Gasteiger partial charge in [-0.05, 0) is 44.6 Å². The van der Waals surface area contributed by atoms with E-state index in [0.29, 0.717) is 0 Å². The summed E-state index contributed by atoms with van der Waals surface area (Å²) in [5, 5.41) is 21.7. The van der Waals surface area contributed by atoms with E-state index in [2.05, 4.69) is 0 Å². The van der Waals surface area contributed by atoms with Gasteiger partial charge in [0.15, 0.2) is 5.82 Å². The number of aromatic hydroxyl groups is 1.